The predicted molar refractivity (Wildman–Crippen MR) is 75.6 cm³/mol. The average Bonchev–Trinajstić information content (AvgIpc) is 2.64. The molecule has 0 unspecified atom stereocenters. The Balaban J connectivity index is 2.54. The van der Waals surface area contributed by atoms with Crippen LogP contribution in [-0.4, -0.2) is 17.6 Å². The van der Waals surface area contributed by atoms with Crippen molar-refractivity contribution < 1.29 is 9.53 Å². The standard InChI is InChI=1S/C16H23NO2/c1-6-19-15(18)12-9-11-7-8-16(4,5)14(11)17-13(12)10(2)3/h9-10H,6-8H2,1-5H3. The Morgan fingerprint density at radius 1 is 1.47 bits per heavy atom. The third-order valence-corrected chi connectivity index (χ3v) is 3.83. The Labute approximate surface area is 115 Å². The van der Waals surface area contributed by atoms with E-state index in [1.807, 2.05) is 13.0 Å². The summed E-state index contributed by atoms with van der Waals surface area (Å²) >= 11 is 0. The van der Waals surface area contributed by atoms with Gasteiger partial charge in [0.25, 0.3) is 0 Å². The number of hydrogen-bond donors (Lipinski definition) is 0. The van der Waals surface area contributed by atoms with Crippen LogP contribution in [0.1, 0.15) is 74.3 Å². The Hall–Kier alpha value is -1.38. The monoisotopic (exact) mass is 261 g/mol. The summed E-state index contributed by atoms with van der Waals surface area (Å²) in [5.41, 5.74) is 3.99. The first kappa shape index (κ1) is 14.0. The van der Waals surface area contributed by atoms with E-state index in [9.17, 15) is 4.79 Å². The molecule has 0 radical (unpaired) electrons. The number of aromatic nitrogens is 1. The molecular formula is C16H23NO2. The molecule has 0 amide bonds. The maximum absolute atomic E-state index is 12.1. The van der Waals surface area contributed by atoms with Crippen LogP contribution in [0.3, 0.4) is 0 Å². The molecule has 0 spiro atoms. The first-order chi connectivity index (χ1) is 8.86. The zero-order valence-corrected chi connectivity index (χ0v) is 12.5. The number of aryl methyl sites for hydroxylation is 1. The Bertz CT molecular complexity index is 504. The van der Waals surface area contributed by atoms with E-state index >= 15 is 0 Å². The number of nitrogens with zero attached hydrogens (tertiary/aromatic N) is 1. The second-order valence-corrected chi connectivity index (χ2v) is 6.19. The van der Waals surface area contributed by atoms with E-state index in [0.717, 1.165) is 24.2 Å². The summed E-state index contributed by atoms with van der Waals surface area (Å²) in [6, 6.07) is 2.00. The number of ether oxygens (including phenoxy) is 1. The van der Waals surface area contributed by atoms with Gasteiger partial charge in [-0.05, 0) is 37.3 Å². The highest BCUT2D eigenvalue weighted by Crippen LogP contribution is 2.38. The molecule has 1 aromatic rings. The van der Waals surface area contributed by atoms with Crippen molar-refractivity contribution in [3.63, 3.8) is 0 Å². The van der Waals surface area contributed by atoms with Crippen LogP contribution in [-0.2, 0) is 16.6 Å². The smallest absolute Gasteiger partial charge is 0.339 e. The summed E-state index contributed by atoms with van der Waals surface area (Å²) in [7, 11) is 0. The molecule has 2 rings (SSSR count). The number of rotatable bonds is 3. The van der Waals surface area contributed by atoms with Crippen molar-refractivity contribution >= 4 is 5.97 Å². The normalized spacial score (nSPS) is 16.5. The minimum absolute atomic E-state index is 0.117. The van der Waals surface area contributed by atoms with Gasteiger partial charge in [-0.1, -0.05) is 27.7 Å². The molecule has 0 N–H and O–H groups in total. The van der Waals surface area contributed by atoms with Crippen LogP contribution in [0.2, 0.25) is 0 Å². The summed E-state index contributed by atoms with van der Waals surface area (Å²) in [6.45, 7) is 10.8. The molecule has 1 aromatic heterocycles. The second-order valence-electron chi connectivity index (χ2n) is 6.19. The molecular weight excluding hydrogens is 238 g/mol. The number of fused-ring (bicyclic) bond motifs is 1. The van der Waals surface area contributed by atoms with Crippen LogP contribution in [0.5, 0.6) is 0 Å². The molecule has 0 saturated heterocycles. The van der Waals surface area contributed by atoms with Crippen molar-refractivity contribution in [1.29, 1.82) is 0 Å². The van der Waals surface area contributed by atoms with Crippen molar-refractivity contribution in [1.82, 2.24) is 4.98 Å². The van der Waals surface area contributed by atoms with E-state index in [1.165, 1.54) is 5.56 Å². The largest absolute Gasteiger partial charge is 0.462 e. The van der Waals surface area contributed by atoms with Gasteiger partial charge < -0.3 is 4.74 Å². The van der Waals surface area contributed by atoms with Crippen LogP contribution >= 0.6 is 0 Å². The number of hydrogen-bond acceptors (Lipinski definition) is 3. The molecule has 0 aliphatic heterocycles. The molecule has 1 heterocycles. The Morgan fingerprint density at radius 2 is 2.16 bits per heavy atom. The third-order valence-electron chi connectivity index (χ3n) is 3.83. The lowest BCUT2D eigenvalue weighted by Gasteiger charge is -2.20. The van der Waals surface area contributed by atoms with Crippen molar-refractivity contribution in [3.8, 4) is 0 Å². The van der Waals surface area contributed by atoms with E-state index in [4.69, 9.17) is 9.72 Å². The molecule has 19 heavy (non-hydrogen) atoms. The fourth-order valence-corrected chi connectivity index (χ4v) is 2.72. The van der Waals surface area contributed by atoms with Crippen molar-refractivity contribution in [2.24, 2.45) is 0 Å². The highest BCUT2D eigenvalue weighted by molar-refractivity contribution is 5.91. The SMILES string of the molecule is CCOC(=O)c1cc2c(nc1C(C)C)C(C)(C)CC2. The molecule has 0 fully saturated rings. The topological polar surface area (TPSA) is 39.2 Å². The highest BCUT2D eigenvalue weighted by Gasteiger charge is 2.33. The molecule has 3 heteroatoms. The lowest BCUT2D eigenvalue weighted by molar-refractivity contribution is 0.0523. The van der Waals surface area contributed by atoms with Crippen molar-refractivity contribution in [3.05, 3.63) is 28.6 Å². The van der Waals surface area contributed by atoms with Crippen LogP contribution < -0.4 is 0 Å². The van der Waals surface area contributed by atoms with E-state index < -0.39 is 0 Å². The fourth-order valence-electron chi connectivity index (χ4n) is 2.72. The Kier molecular flexibility index (Phi) is 3.66. The lowest BCUT2D eigenvalue weighted by atomic mass is 9.89. The van der Waals surface area contributed by atoms with E-state index in [-0.39, 0.29) is 17.3 Å². The van der Waals surface area contributed by atoms with E-state index in [1.54, 1.807) is 0 Å². The van der Waals surface area contributed by atoms with Gasteiger partial charge in [0.2, 0.25) is 0 Å². The summed E-state index contributed by atoms with van der Waals surface area (Å²) in [5.74, 6) is -0.0210. The highest BCUT2D eigenvalue weighted by atomic mass is 16.5. The molecule has 0 bridgehead atoms. The second kappa shape index (κ2) is 4.95. The minimum atomic E-state index is -0.244. The number of carbonyl (C=O) groups excluding carboxylic acids is 1. The minimum Gasteiger partial charge on any atom is -0.462 e. The summed E-state index contributed by atoms with van der Waals surface area (Å²) in [6.07, 6.45) is 2.10. The van der Waals surface area contributed by atoms with Gasteiger partial charge in [0.1, 0.15) is 0 Å². The zero-order valence-electron chi connectivity index (χ0n) is 12.5. The van der Waals surface area contributed by atoms with Crippen LogP contribution in [0, 0.1) is 0 Å². The summed E-state index contributed by atoms with van der Waals surface area (Å²) in [5, 5.41) is 0. The van der Waals surface area contributed by atoms with Crippen LogP contribution in [0.4, 0.5) is 0 Å². The van der Waals surface area contributed by atoms with Gasteiger partial charge >= 0.3 is 5.97 Å². The predicted octanol–water partition coefficient (Wildman–Crippen LogP) is 3.61. The molecule has 3 nitrogen and oxygen atoms in total. The van der Waals surface area contributed by atoms with Gasteiger partial charge in [-0.2, -0.15) is 0 Å². The zero-order chi connectivity index (χ0) is 14.2. The molecule has 1 aliphatic rings. The van der Waals surface area contributed by atoms with E-state index in [2.05, 4.69) is 27.7 Å². The first-order valence-electron chi connectivity index (χ1n) is 7.08. The number of carbonyl (C=O) groups is 1. The average molecular weight is 261 g/mol. The first-order valence-corrected chi connectivity index (χ1v) is 7.08. The molecule has 104 valence electrons. The van der Waals surface area contributed by atoms with Crippen LogP contribution in [0.15, 0.2) is 6.07 Å². The Morgan fingerprint density at radius 3 is 2.74 bits per heavy atom. The molecule has 0 saturated carbocycles. The van der Waals surface area contributed by atoms with E-state index in [0.29, 0.717) is 12.2 Å². The van der Waals surface area contributed by atoms with Crippen LogP contribution in [0.25, 0.3) is 0 Å². The van der Waals surface area contributed by atoms with Gasteiger partial charge in [-0.15, -0.1) is 0 Å². The maximum Gasteiger partial charge on any atom is 0.339 e. The van der Waals surface area contributed by atoms with Crippen molar-refractivity contribution in [2.45, 2.75) is 58.8 Å². The summed E-state index contributed by atoms with van der Waals surface area (Å²) < 4.78 is 5.15. The third kappa shape index (κ3) is 2.51. The van der Waals surface area contributed by atoms with Gasteiger partial charge in [0.15, 0.2) is 0 Å². The van der Waals surface area contributed by atoms with Gasteiger partial charge in [-0.25, -0.2) is 4.79 Å². The number of pyridine rings is 1. The lowest BCUT2D eigenvalue weighted by Crippen LogP contribution is -2.18. The van der Waals surface area contributed by atoms with Gasteiger partial charge in [-0.3, -0.25) is 4.98 Å². The maximum atomic E-state index is 12.1. The van der Waals surface area contributed by atoms with Crippen molar-refractivity contribution in [2.75, 3.05) is 6.61 Å². The van der Waals surface area contributed by atoms with Gasteiger partial charge in [0.05, 0.1) is 17.9 Å². The number of esters is 1. The molecule has 1 aliphatic carbocycles. The molecule has 0 aromatic carbocycles. The van der Waals surface area contributed by atoms with Gasteiger partial charge in [0, 0.05) is 11.1 Å². The fraction of sp³-hybridized carbons (Fsp3) is 0.625. The quantitative estimate of drug-likeness (QED) is 0.780. The summed E-state index contributed by atoms with van der Waals surface area (Å²) in [4.78, 5) is 16.9. The molecule has 0 atom stereocenters.